The van der Waals surface area contributed by atoms with Crippen molar-refractivity contribution in [2.24, 2.45) is 0 Å². The predicted molar refractivity (Wildman–Crippen MR) is 87.1 cm³/mol. The SMILES string of the molecule is CC(C)Oc1cncc(NCc2coc(-c3ccccc3)n2)n1. The third-order valence-corrected chi connectivity index (χ3v) is 2.99. The molecule has 0 saturated carbocycles. The molecule has 0 radical (unpaired) electrons. The van der Waals surface area contributed by atoms with E-state index in [9.17, 15) is 0 Å². The Morgan fingerprint density at radius 3 is 2.74 bits per heavy atom. The summed E-state index contributed by atoms with van der Waals surface area (Å²) in [5.41, 5.74) is 1.74. The molecule has 1 N–H and O–H groups in total. The summed E-state index contributed by atoms with van der Waals surface area (Å²) in [6.45, 7) is 4.39. The summed E-state index contributed by atoms with van der Waals surface area (Å²) >= 11 is 0. The monoisotopic (exact) mass is 310 g/mol. The second kappa shape index (κ2) is 6.91. The number of rotatable bonds is 6. The normalized spacial score (nSPS) is 10.7. The Hall–Kier alpha value is -2.89. The van der Waals surface area contributed by atoms with Crippen molar-refractivity contribution >= 4 is 5.82 Å². The first kappa shape index (κ1) is 15.0. The number of anilines is 1. The molecule has 3 rings (SSSR count). The first-order chi connectivity index (χ1) is 11.2. The smallest absolute Gasteiger partial charge is 0.234 e. The lowest BCUT2D eigenvalue weighted by atomic mass is 10.2. The van der Waals surface area contributed by atoms with Crippen LogP contribution < -0.4 is 10.1 Å². The van der Waals surface area contributed by atoms with Gasteiger partial charge in [-0.05, 0) is 26.0 Å². The number of nitrogens with zero attached hydrogens (tertiary/aromatic N) is 3. The van der Waals surface area contributed by atoms with E-state index in [-0.39, 0.29) is 6.10 Å². The summed E-state index contributed by atoms with van der Waals surface area (Å²) in [6.07, 6.45) is 4.93. The van der Waals surface area contributed by atoms with E-state index in [1.807, 2.05) is 44.2 Å². The van der Waals surface area contributed by atoms with Crippen molar-refractivity contribution in [3.05, 3.63) is 54.7 Å². The maximum atomic E-state index is 5.52. The molecule has 0 aliphatic heterocycles. The lowest BCUT2D eigenvalue weighted by Gasteiger charge is -2.09. The van der Waals surface area contributed by atoms with E-state index in [0.717, 1.165) is 11.3 Å². The average molecular weight is 310 g/mol. The predicted octanol–water partition coefficient (Wildman–Crippen LogP) is 3.53. The fraction of sp³-hybridized carbons (Fsp3) is 0.235. The molecule has 1 aromatic carbocycles. The van der Waals surface area contributed by atoms with Gasteiger partial charge in [0.1, 0.15) is 12.1 Å². The zero-order valence-electron chi connectivity index (χ0n) is 13.1. The van der Waals surface area contributed by atoms with E-state index >= 15 is 0 Å². The van der Waals surface area contributed by atoms with Crippen molar-refractivity contribution in [3.8, 4) is 17.3 Å². The van der Waals surface area contributed by atoms with Crippen LogP contribution in [-0.2, 0) is 6.54 Å². The first-order valence-corrected chi connectivity index (χ1v) is 7.43. The molecule has 0 bridgehead atoms. The molecule has 2 heterocycles. The van der Waals surface area contributed by atoms with E-state index in [4.69, 9.17) is 9.15 Å². The Bertz CT molecular complexity index is 756. The quantitative estimate of drug-likeness (QED) is 0.751. The molecule has 2 aromatic heterocycles. The summed E-state index contributed by atoms with van der Waals surface area (Å²) in [5.74, 6) is 1.73. The third-order valence-electron chi connectivity index (χ3n) is 2.99. The summed E-state index contributed by atoms with van der Waals surface area (Å²) in [7, 11) is 0. The highest BCUT2D eigenvalue weighted by Gasteiger charge is 2.07. The zero-order chi connectivity index (χ0) is 16.1. The van der Waals surface area contributed by atoms with Crippen LogP contribution in [0.3, 0.4) is 0 Å². The van der Waals surface area contributed by atoms with Gasteiger partial charge in [0.25, 0.3) is 0 Å². The minimum Gasteiger partial charge on any atom is -0.474 e. The van der Waals surface area contributed by atoms with Gasteiger partial charge in [-0.1, -0.05) is 18.2 Å². The van der Waals surface area contributed by atoms with Crippen LogP contribution in [0.25, 0.3) is 11.5 Å². The molecule has 0 aliphatic rings. The van der Waals surface area contributed by atoms with E-state index in [0.29, 0.717) is 24.1 Å². The van der Waals surface area contributed by atoms with Gasteiger partial charge in [0.05, 0.1) is 30.7 Å². The number of aromatic nitrogens is 3. The average Bonchev–Trinajstić information content (AvgIpc) is 3.02. The van der Waals surface area contributed by atoms with Crippen molar-refractivity contribution in [3.63, 3.8) is 0 Å². The lowest BCUT2D eigenvalue weighted by molar-refractivity contribution is 0.232. The largest absolute Gasteiger partial charge is 0.474 e. The second-order valence-electron chi connectivity index (χ2n) is 5.27. The molecule has 0 saturated heterocycles. The van der Waals surface area contributed by atoms with Crippen molar-refractivity contribution in [1.29, 1.82) is 0 Å². The highest BCUT2D eigenvalue weighted by molar-refractivity contribution is 5.52. The van der Waals surface area contributed by atoms with Crippen LogP contribution in [0.2, 0.25) is 0 Å². The van der Waals surface area contributed by atoms with Gasteiger partial charge in [0.15, 0.2) is 0 Å². The van der Waals surface area contributed by atoms with Crippen LogP contribution >= 0.6 is 0 Å². The van der Waals surface area contributed by atoms with Crippen LogP contribution in [-0.4, -0.2) is 21.1 Å². The fourth-order valence-corrected chi connectivity index (χ4v) is 2.01. The van der Waals surface area contributed by atoms with Crippen LogP contribution in [0.15, 0.2) is 53.4 Å². The van der Waals surface area contributed by atoms with Gasteiger partial charge in [0.2, 0.25) is 11.8 Å². The maximum Gasteiger partial charge on any atom is 0.234 e. The van der Waals surface area contributed by atoms with Crippen LogP contribution in [0, 0.1) is 0 Å². The van der Waals surface area contributed by atoms with Crippen LogP contribution in [0.1, 0.15) is 19.5 Å². The van der Waals surface area contributed by atoms with E-state index in [1.165, 1.54) is 0 Å². The summed E-state index contributed by atoms with van der Waals surface area (Å²) in [6, 6.07) is 9.78. The van der Waals surface area contributed by atoms with Crippen molar-refractivity contribution in [2.45, 2.75) is 26.5 Å². The number of benzene rings is 1. The lowest BCUT2D eigenvalue weighted by Crippen LogP contribution is -2.09. The Labute approximate surface area is 134 Å². The molecule has 0 atom stereocenters. The van der Waals surface area contributed by atoms with E-state index in [2.05, 4.69) is 20.3 Å². The fourth-order valence-electron chi connectivity index (χ4n) is 2.01. The van der Waals surface area contributed by atoms with Crippen molar-refractivity contribution < 1.29 is 9.15 Å². The maximum absolute atomic E-state index is 5.52. The van der Waals surface area contributed by atoms with Crippen LogP contribution in [0.4, 0.5) is 5.82 Å². The molecular weight excluding hydrogens is 292 g/mol. The molecule has 3 aromatic rings. The van der Waals surface area contributed by atoms with Gasteiger partial charge in [-0.25, -0.2) is 4.98 Å². The highest BCUT2D eigenvalue weighted by Crippen LogP contribution is 2.18. The Morgan fingerprint density at radius 2 is 1.96 bits per heavy atom. The Morgan fingerprint density at radius 1 is 1.13 bits per heavy atom. The van der Waals surface area contributed by atoms with Gasteiger partial charge in [-0.2, -0.15) is 4.98 Å². The summed E-state index contributed by atoms with van der Waals surface area (Å²) < 4.78 is 11.0. The highest BCUT2D eigenvalue weighted by atomic mass is 16.5. The second-order valence-corrected chi connectivity index (χ2v) is 5.27. The van der Waals surface area contributed by atoms with Crippen LogP contribution in [0.5, 0.6) is 5.88 Å². The van der Waals surface area contributed by atoms with Crippen molar-refractivity contribution in [1.82, 2.24) is 15.0 Å². The van der Waals surface area contributed by atoms with Gasteiger partial charge in [-0.15, -0.1) is 0 Å². The summed E-state index contributed by atoms with van der Waals surface area (Å²) in [5, 5.41) is 3.16. The molecule has 0 fully saturated rings. The molecule has 0 unspecified atom stereocenters. The van der Waals surface area contributed by atoms with Gasteiger partial charge >= 0.3 is 0 Å². The molecular formula is C17H18N4O2. The number of hydrogen-bond acceptors (Lipinski definition) is 6. The Balaban J connectivity index is 1.64. The van der Waals surface area contributed by atoms with Gasteiger partial charge in [-0.3, -0.25) is 4.98 Å². The molecule has 23 heavy (non-hydrogen) atoms. The molecule has 6 nitrogen and oxygen atoms in total. The van der Waals surface area contributed by atoms with Crippen molar-refractivity contribution in [2.75, 3.05) is 5.32 Å². The molecule has 0 amide bonds. The Kier molecular flexibility index (Phi) is 4.52. The number of hydrogen-bond donors (Lipinski definition) is 1. The number of oxazole rings is 1. The number of ether oxygens (including phenoxy) is 1. The van der Waals surface area contributed by atoms with E-state index in [1.54, 1.807) is 18.7 Å². The first-order valence-electron chi connectivity index (χ1n) is 7.43. The molecule has 0 aliphatic carbocycles. The van der Waals surface area contributed by atoms with E-state index < -0.39 is 0 Å². The minimum atomic E-state index is 0.0588. The third kappa shape index (κ3) is 4.06. The molecule has 0 spiro atoms. The number of nitrogens with one attached hydrogen (secondary N) is 1. The zero-order valence-corrected chi connectivity index (χ0v) is 13.1. The summed E-state index contributed by atoms with van der Waals surface area (Å²) in [4.78, 5) is 12.9. The molecule has 118 valence electrons. The molecule has 6 heteroatoms. The van der Waals surface area contributed by atoms with Gasteiger partial charge < -0.3 is 14.5 Å². The topological polar surface area (TPSA) is 73.1 Å². The minimum absolute atomic E-state index is 0.0588. The standard InChI is InChI=1S/C17H18N4O2/c1-12(2)23-16-10-18-9-15(21-16)19-8-14-11-22-17(20-14)13-6-4-3-5-7-13/h3-7,9-12H,8H2,1-2H3,(H,19,21). The van der Waals surface area contributed by atoms with Gasteiger partial charge in [0, 0.05) is 5.56 Å².